The summed E-state index contributed by atoms with van der Waals surface area (Å²) >= 11 is 7.54. The molecule has 0 aromatic heterocycles. The number of rotatable bonds is 4. The van der Waals surface area contributed by atoms with Crippen LogP contribution < -0.4 is 0 Å². The lowest BCUT2D eigenvalue weighted by atomic mass is 9.96. The first-order valence-electron chi connectivity index (χ1n) is 4.42. The van der Waals surface area contributed by atoms with Gasteiger partial charge in [0.1, 0.15) is 0 Å². The minimum absolute atomic E-state index is 0.0506. The largest absolute Gasteiger partial charge is 0.424 e. The standard InChI is InChI=1S/C9H16O4S2/c1-9(2,3)8(12-6(10)4-14)13-7(11)5-15/h8,14-15H,4-5H2,1-3H3. The van der Waals surface area contributed by atoms with Crippen molar-refractivity contribution in [3.05, 3.63) is 0 Å². The third-order valence-electron chi connectivity index (χ3n) is 1.44. The van der Waals surface area contributed by atoms with Gasteiger partial charge in [0.15, 0.2) is 0 Å². The molecule has 0 N–H and O–H groups in total. The Morgan fingerprint density at radius 1 is 1.07 bits per heavy atom. The highest BCUT2D eigenvalue weighted by Gasteiger charge is 2.31. The lowest BCUT2D eigenvalue weighted by Crippen LogP contribution is -2.36. The monoisotopic (exact) mass is 252 g/mol. The average molecular weight is 252 g/mol. The van der Waals surface area contributed by atoms with Gasteiger partial charge in [-0.2, -0.15) is 25.3 Å². The van der Waals surface area contributed by atoms with Gasteiger partial charge in [-0.05, 0) is 0 Å². The van der Waals surface area contributed by atoms with E-state index in [0.29, 0.717) is 0 Å². The first-order valence-corrected chi connectivity index (χ1v) is 5.68. The predicted molar refractivity (Wildman–Crippen MR) is 63.1 cm³/mol. The van der Waals surface area contributed by atoms with Gasteiger partial charge >= 0.3 is 11.9 Å². The van der Waals surface area contributed by atoms with E-state index in [4.69, 9.17) is 9.47 Å². The molecule has 0 aromatic carbocycles. The number of hydrogen-bond donors (Lipinski definition) is 2. The van der Waals surface area contributed by atoms with Crippen molar-refractivity contribution < 1.29 is 19.1 Å². The van der Waals surface area contributed by atoms with Crippen LogP contribution in [-0.4, -0.2) is 29.7 Å². The fourth-order valence-electron chi connectivity index (χ4n) is 0.691. The molecule has 0 aromatic rings. The van der Waals surface area contributed by atoms with E-state index in [2.05, 4.69) is 25.3 Å². The van der Waals surface area contributed by atoms with Crippen molar-refractivity contribution in [1.29, 1.82) is 0 Å². The third-order valence-corrected chi connectivity index (χ3v) is 1.96. The van der Waals surface area contributed by atoms with Gasteiger partial charge in [0.05, 0.1) is 11.5 Å². The van der Waals surface area contributed by atoms with E-state index in [1.54, 1.807) is 20.8 Å². The minimum atomic E-state index is -0.906. The molecule has 0 aliphatic carbocycles. The number of carbonyl (C=O) groups is 2. The molecule has 0 spiro atoms. The highest BCUT2D eigenvalue weighted by molar-refractivity contribution is 7.81. The molecule has 0 saturated heterocycles. The molecule has 0 rings (SSSR count). The van der Waals surface area contributed by atoms with Crippen molar-refractivity contribution in [3.63, 3.8) is 0 Å². The lowest BCUT2D eigenvalue weighted by Gasteiger charge is -2.29. The summed E-state index contributed by atoms with van der Waals surface area (Å²) in [5.74, 6) is -1.15. The highest BCUT2D eigenvalue weighted by Crippen LogP contribution is 2.23. The molecule has 88 valence electrons. The van der Waals surface area contributed by atoms with Gasteiger partial charge in [-0.25, -0.2) is 0 Å². The first kappa shape index (κ1) is 14.6. The third kappa shape index (κ3) is 5.94. The molecule has 4 nitrogen and oxygen atoms in total. The van der Waals surface area contributed by atoms with E-state index in [9.17, 15) is 9.59 Å². The van der Waals surface area contributed by atoms with Crippen LogP contribution in [0.5, 0.6) is 0 Å². The molecule has 0 aliphatic rings. The van der Waals surface area contributed by atoms with Crippen LogP contribution in [-0.2, 0) is 19.1 Å². The van der Waals surface area contributed by atoms with Gasteiger partial charge < -0.3 is 9.47 Å². The van der Waals surface area contributed by atoms with Gasteiger partial charge in [-0.1, -0.05) is 20.8 Å². The SMILES string of the molecule is CC(C)(C)C(OC(=O)CS)OC(=O)CS. The topological polar surface area (TPSA) is 52.6 Å². The van der Waals surface area contributed by atoms with Crippen LogP contribution in [0.2, 0.25) is 0 Å². The van der Waals surface area contributed by atoms with Crippen molar-refractivity contribution in [2.45, 2.75) is 27.1 Å². The molecule has 0 heterocycles. The summed E-state index contributed by atoms with van der Waals surface area (Å²) in [6.45, 7) is 5.40. The zero-order valence-corrected chi connectivity index (χ0v) is 10.8. The number of hydrogen-bond acceptors (Lipinski definition) is 6. The molecule has 0 amide bonds. The van der Waals surface area contributed by atoms with Crippen molar-refractivity contribution in [1.82, 2.24) is 0 Å². The molecule has 6 heteroatoms. The van der Waals surface area contributed by atoms with Gasteiger partial charge in [0.2, 0.25) is 0 Å². The highest BCUT2D eigenvalue weighted by atomic mass is 32.1. The Morgan fingerprint density at radius 3 is 1.60 bits per heavy atom. The Bertz CT molecular complexity index is 217. The maximum Gasteiger partial charge on any atom is 0.318 e. The van der Waals surface area contributed by atoms with E-state index in [1.807, 2.05) is 0 Å². The summed E-state index contributed by atoms with van der Waals surface area (Å²) < 4.78 is 9.89. The second-order valence-electron chi connectivity index (χ2n) is 3.99. The summed E-state index contributed by atoms with van der Waals surface area (Å²) in [6, 6.07) is 0. The normalized spacial score (nSPS) is 11.3. The fraction of sp³-hybridized carbons (Fsp3) is 0.778. The zero-order valence-electron chi connectivity index (χ0n) is 9.02. The summed E-state index contributed by atoms with van der Waals surface area (Å²) in [7, 11) is 0. The molecule has 0 aliphatic heterocycles. The number of esters is 2. The van der Waals surface area contributed by atoms with E-state index in [-0.39, 0.29) is 11.5 Å². The predicted octanol–water partition coefficient (Wildman–Crippen LogP) is 1.30. The smallest absolute Gasteiger partial charge is 0.318 e. The Kier molecular flexibility index (Phi) is 6.12. The van der Waals surface area contributed by atoms with Crippen LogP contribution in [0.25, 0.3) is 0 Å². The van der Waals surface area contributed by atoms with Crippen molar-refractivity contribution in [3.8, 4) is 0 Å². The van der Waals surface area contributed by atoms with Crippen molar-refractivity contribution in [2.24, 2.45) is 5.41 Å². The quantitative estimate of drug-likeness (QED) is 0.450. The average Bonchev–Trinajstić information content (AvgIpc) is 2.14. The van der Waals surface area contributed by atoms with Gasteiger partial charge in [0, 0.05) is 5.41 Å². The molecule has 15 heavy (non-hydrogen) atoms. The molecule has 0 bridgehead atoms. The summed E-state index contributed by atoms with van der Waals surface area (Å²) in [6.07, 6.45) is -0.906. The van der Waals surface area contributed by atoms with Gasteiger partial charge in [-0.3, -0.25) is 9.59 Å². The summed E-state index contributed by atoms with van der Waals surface area (Å²) in [5.41, 5.74) is -0.475. The van der Waals surface area contributed by atoms with E-state index in [1.165, 1.54) is 0 Å². The first-order chi connectivity index (χ1) is 6.81. The van der Waals surface area contributed by atoms with Gasteiger partial charge in [0.25, 0.3) is 6.29 Å². The second-order valence-corrected chi connectivity index (χ2v) is 4.63. The second kappa shape index (κ2) is 6.27. The van der Waals surface area contributed by atoms with Crippen LogP contribution in [0.15, 0.2) is 0 Å². The Morgan fingerprint density at radius 2 is 1.40 bits per heavy atom. The molecular formula is C9H16O4S2. The number of carbonyl (C=O) groups excluding carboxylic acids is 2. The zero-order chi connectivity index (χ0) is 12.1. The molecule has 0 radical (unpaired) electrons. The Hall–Kier alpha value is -0.360. The van der Waals surface area contributed by atoms with Crippen LogP contribution in [0, 0.1) is 5.41 Å². The van der Waals surface area contributed by atoms with E-state index in [0.717, 1.165) is 0 Å². The minimum Gasteiger partial charge on any atom is -0.424 e. The maximum absolute atomic E-state index is 11.0. The van der Waals surface area contributed by atoms with Crippen LogP contribution in [0.1, 0.15) is 20.8 Å². The maximum atomic E-state index is 11.0. The van der Waals surface area contributed by atoms with Crippen LogP contribution in [0.3, 0.4) is 0 Å². The van der Waals surface area contributed by atoms with Crippen LogP contribution >= 0.6 is 25.3 Å². The molecule has 0 atom stereocenters. The fourth-order valence-corrected chi connectivity index (χ4v) is 0.840. The van der Waals surface area contributed by atoms with Crippen molar-refractivity contribution >= 4 is 37.2 Å². The Balaban J connectivity index is 4.46. The lowest BCUT2D eigenvalue weighted by molar-refractivity contribution is -0.203. The van der Waals surface area contributed by atoms with Crippen molar-refractivity contribution in [2.75, 3.05) is 11.5 Å². The number of ether oxygens (including phenoxy) is 2. The number of thiol groups is 2. The molecule has 0 fully saturated rings. The summed E-state index contributed by atoms with van der Waals surface area (Å²) in [4.78, 5) is 22.1. The van der Waals surface area contributed by atoms with Crippen LogP contribution in [0.4, 0.5) is 0 Å². The van der Waals surface area contributed by atoms with Gasteiger partial charge in [-0.15, -0.1) is 0 Å². The summed E-state index contributed by atoms with van der Waals surface area (Å²) in [5, 5.41) is 0. The molecule has 0 unspecified atom stereocenters. The van der Waals surface area contributed by atoms with E-state index >= 15 is 0 Å². The Labute approximate surface area is 101 Å². The molecule has 0 saturated carbocycles. The van der Waals surface area contributed by atoms with E-state index < -0.39 is 23.6 Å². The molecular weight excluding hydrogens is 236 g/mol.